The van der Waals surface area contributed by atoms with Gasteiger partial charge in [-0.2, -0.15) is 0 Å². The van der Waals surface area contributed by atoms with E-state index in [0.29, 0.717) is 6.42 Å². The van der Waals surface area contributed by atoms with Crippen LogP contribution in [-0.2, 0) is 0 Å². The van der Waals surface area contributed by atoms with Gasteiger partial charge in [-0.3, -0.25) is 0 Å². The van der Waals surface area contributed by atoms with E-state index in [-0.39, 0.29) is 11.8 Å². The van der Waals surface area contributed by atoms with E-state index in [4.69, 9.17) is 5.73 Å². The third kappa shape index (κ3) is 2.57. The van der Waals surface area contributed by atoms with Crippen LogP contribution in [0.5, 0.6) is 5.75 Å². The molecule has 0 saturated carbocycles. The van der Waals surface area contributed by atoms with E-state index in [1.54, 1.807) is 12.1 Å². The standard InChI is InChI=1S/C10H12BrNO/c1-2-3-9(12)8-5-4-7(11)6-10(8)13/h2,4-6,9,13H,1,3,12H2/t9-/m0/s1. The summed E-state index contributed by atoms with van der Waals surface area (Å²) in [6.45, 7) is 3.60. The Hall–Kier alpha value is -0.800. The van der Waals surface area contributed by atoms with Crippen molar-refractivity contribution in [2.45, 2.75) is 12.5 Å². The van der Waals surface area contributed by atoms with Gasteiger partial charge in [0, 0.05) is 16.1 Å². The Morgan fingerprint density at radius 2 is 2.31 bits per heavy atom. The third-order valence-corrected chi connectivity index (χ3v) is 2.31. The van der Waals surface area contributed by atoms with Crippen molar-refractivity contribution in [2.24, 2.45) is 5.73 Å². The highest BCUT2D eigenvalue weighted by Crippen LogP contribution is 2.27. The molecule has 0 aromatic heterocycles. The molecule has 3 N–H and O–H groups in total. The average Bonchev–Trinajstić information content (AvgIpc) is 2.04. The van der Waals surface area contributed by atoms with Gasteiger partial charge in [0.2, 0.25) is 0 Å². The van der Waals surface area contributed by atoms with Gasteiger partial charge in [-0.1, -0.05) is 28.1 Å². The van der Waals surface area contributed by atoms with Gasteiger partial charge in [0.15, 0.2) is 0 Å². The fourth-order valence-corrected chi connectivity index (χ4v) is 1.49. The molecular formula is C10H12BrNO. The summed E-state index contributed by atoms with van der Waals surface area (Å²) in [5.41, 5.74) is 6.56. The molecule has 0 aliphatic heterocycles. The SMILES string of the molecule is C=CC[C@H](N)c1ccc(Br)cc1O. The zero-order valence-corrected chi connectivity index (χ0v) is 8.79. The van der Waals surface area contributed by atoms with Crippen LogP contribution in [0.1, 0.15) is 18.0 Å². The lowest BCUT2D eigenvalue weighted by molar-refractivity contribution is 0.461. The Morgan fingerprint density at radius 1 is 1.62 bits per heavy atom. The Bertz CT molecular complexity index is 312. The van der Waals surface area contributed by atoms with Crippen molar-refractivity contribution in [3.05, 3.63) is 40.9 Å². The van der Waals surface area contributed by atoms with Gasteiger partial charge < -0.3 is 10.8 Å². The van der Waals surface area contributed by atoms with E-state index >= 15 is 0 Å². The summed E-state index contributed by atoms with van der Waals surface area (Å²) in [5.74, 6) is 0.226. The first kappa shape index (κ1) is 10.3. The quantitative estimate of drug-likeness (QED) is 0.800. The van der Waals surface area contributed by atoms with Crippen LogP contribution in [0.25, 0.3) is 0 Å². The lowest BCUT2D eigenvalue weighted by Gasteiger charge is -2.11. The lowest BCUT2D eigenvalue weighted by Crippen LogP contribution is -2.08. The fourth-order valence-electron chi connectivity index (χ4n) is 1.14. The van der Waals surface area contributed by atoms with E-state index in [9.17, 15) is 5.11 Å². The molecular weight excluding hydrogens is 230 g/mol. The summed E-state index contributed by atoms with van der Waals surface area (Å²) in [5, 5.41) is 9.54. The first-order valence-corrected chi connectivity index (χ1v) is 4.79. The van der Waals surface area contributed by atoms with Crippen LogP contribution < -0.4 is 5.73 Å². The van der Waals surface area contributed by atoms with Crippen LogP contribution in [0.4, 0.5) is 0 Å². The molecule has 1 aromatic carbocycles. The molecule has 1 atom stereocenters. The second-order valence-electron chi connectivity index (χ2n) is 2.83. The zero-order valence-electron chi connectivity index (χ0n) is 7.20. The third-order valence-electron chi connectivity index (χ3n) is 1.81. The summed E-state index contributed by atoms with van der Waals surface area (Å²) in [7, 11) is 0. The average molecular weight is 242 g/mol. The van der Waals surface area contributed by atoms with E-state index in [2.05, 4.69) is 22.5 Å². The van der Waals surface area contributed by atoms with Crippen molar-refractivity contribution in [1.82, 2.24) is 0 Å². The van der Waals surface area contributed by atoms with E-state index < -0.39 is 0 Å². The van der Waals surface area contributed by atoms with Gasteiger partial charge in [-0.15, -0.1) is 6.58 Å². The molecule has 0 bridgehead atoms. The highest BCUT2D eigenvalue weighted by Gasteiger charge is 2.08. The van der Waals surface area contributed by atoms with Gasteiger partial charge in [0.25, 0.3) is 0 Å². The molecule has 3 heteroatoms. The molecule has 0 heterocycles. The number of hydrogen-bond donors (Lipinski definition) is 2. The first-order chi connectivity index (χ1) is 6.15. The molecule has 0 aliphatic carbocycles. The molecule has 1 aromatic rings. The minimum Gasteiger partial charge on any atom is -0.508 e. The summed E-state index contributed by atoms with van der Waals surface area (Å²) in [4.78, 5) is 0. The summed E-state index contributed by atoms with van der Waals surface area (Å²) in [6, 6.07) is 5.13. The molecule has 70 valence electrons. The van der Waals surface area contributed by atoms with Gasteiger partial charge in [-0.05, 0) is 18.6 Å². The number of aromatic hydroxyl groups is 1. The topological polar surface area (TPSA) is 46.2 Å². The van der Waals surface area contributed by atoms with E-state index in [1.165, 1.54) is 0 Å². The number of hydrogen-bond acceptors (Lipinski definition) is 2. The van der Waals surface area contributed by atoms with Crippen LogP contribution >= 0.6 is 15.9 Å². The molecule has 2 nitrogen and oxygen atoms in total. The predicted octanol–water partition coefficient (Wildman–Crippen LogP) is 2.73. The Balaban J connectivity index is 2.94. The maximum atomic E-state index is 9.54. The van der Waals surface area contributed by atoms with Crippen LogP contribution in [0, 0.1) is 0 Å². The number of halogens is 1. The van der Waals surface area contributed by atoms with Gasteiger partial charge in [-0.25, -0.2) is 0 Å². The van der Waals surface area contributed by atoms with Crippen molar-refractivity contribution in [2.75, 3.05) is 0 Å². The molecule has 0 spiro atoms. The second kappa shape index (κ2) is 4.44. The van der Waals surface area contributed by atoms with Crippen molar-refractivity contribution in [3.8, 4) is 5.75 Å². The molecule has 0 radical (unpaired) electrons. The molecule has 13 heavy (non-hydrogen) atoms. The van der Waals surface area contributed by atoms with E-state index in [0.717, 1.165) is 10.0 Å². The highest BCUT2D eigenvalue weighted by atomic mass is 79.9. The number of phenols is 1. The molecule has 0 unspecified atom stereocenters. The fraction of sp³-hybridized carbons (Fsp3) is 0.200. The first-order valence-electron chi connectivity index (χ1n) is 4.00. The Kier molecular flexibility index (Phi) is 3.51. The highest BCUT2D eigenvalue weighted by molar-refractivity contribution is 9.10. The lowest BCUT2D eigenvalue weighted by atomic mass is 10.0. The number of benzene rings is 1. The predicted molar refractivity (Wildman–Crippen MR) is 57.5 cm³/mol. The zero-order chi connectivity index (χ0) is 9.84. The molecule has 1 rings (SSSR count). The van der Waals surface area contributed by atoms with Crippen LogP contribution in [0.2, 0.25) is 0 Å². The number of phenolic OH excluding ortho intramolecular Hbond substituents is 1. The monoisotopic (exact) mass is 241 g/mol. The summed E-state index contributed by atoms with van der Waals surface area (Å²) >= 11 is 3.26. The Morgan fingerprint density at radius 3 is 2.85 bits per heavy atom. The van der Waals surface area contributed by atoms with E-state index in [1.807, 2.05) is 12.1 Å². The van der Waals surface area contributed by atoms with Gasteiger partial charge in [0.1, 0.15) is 5.75 Å². The maximum absolute atomic E-state index is 9.54. The number of nitrogens with two attached hydrogens (primary N) is 1. The van der Waals surface area contributed by atoms with Crippen molar-refractivity contribution >= 4 is 15.9 Å². The normalized spacial score (nSPS) is 12.5. The number of rotatable bonds is 3. The minimum atomic E-state index is -0.175. The van der Waals surface area contributed by atoms with Gasteiger partial charge in [0.05, 0.1) is 0 Å². The van der Waals surface area contributed by atoms with Crippen molar-refractivity contribution in [1.29, 1.82) is 0 Å². The second-order valence-corrected chi connectivity index (χ2v) is 3.75. The smallest absolute Gasteiger partial charge is 0.121 e. The van der Waals surface area contributed by atoms with Gasteiger partial charge >= 0.3 is 0 Å². The van der Waals surface area contributed by atoms with Crippen molar-refractivity contribution < 1.29 is 5.11 Å². The molecule has 0 saturated heterocycles. The van der Waals surface area contributed by atoms with Crippen LogP contribution in [0.15, 0.2) is 35.3 Å². The molecule has 0 fully saturated rings. The van der Waals surface area contributed by atoms with Crippen LogP contribution in [-0.4, -0.2) is 5.11 Å². The maximum Gasteiger partial charge on any atom is 0.121 e. The molecule has 0 aliphatic rings. The Labute approximate surface area is 86.2 Å². The minimum absolute atomic E-state index is 0.175. The van der Waals surface area contributed by atoms with Crippen LogP contribution in [0.3, 0.4) is 0 Å². The van der Waals surface area contributed by atoms with Crippen molar-refractivity contribution in [3.63, 3.8) is 0 Å². The molecule has 0 amide bonds. The summed E-state index contributed by atoms with van der Waals surface area (Å²) < 4.78 is 0.847. The largest absolute Gasteiger partial charge is 0.508 e. The summed E-state index contributed by atoms with van der Waals surface area (Å²) in [6.07, 6.45) is 2.40.